The van der Waals surface area contributed by atoms with Gasteiger partial charge in [-0.05, 0) is 61.2 Å². The lowest BCUT2D eigenvalue weighted by molar-refractivity contribution is 0.201. The molecule has 30 heavy (non-hydrogen) atoms. The third kappa shape index (κ3) is 5.11. The second-order valence-corrected chi connectivity index (χ2v) is 7.32. The van der Waals surface area contributed by atoms with Crippen LogP contribution in [0.2, 0.25) is 0 Å². The quantitative estimate of drug-likeness (QED) is 0.614. The van der Waals surface area contributed by atoms with Crippen LogP contribution in [0.25, 0.3) is 11.3 Å². The largest absolute Gasteiger partial charge is 0.507 e. The number of urea groups is 1. The van der Waals surface area contributed by atoms with Crippen LogP contribution in [-0.4, -0.2) is 41.9 Å². The maximum Gasteiger partial charge on any atom is 0.317 e. The molecule has 2 N–H and O–H groups in total. The molecule has 0 atom stereocenters. The second kappa shape index (κ2) is 9.35. The zero-order valence-corrected chi connectivity index (χ0v) is 17.7. The number of methoxy groups -OCH3 is 1. The standard InChI is InChI=1S/C23H27N3O4/c1-15-11-17(12-16(2)22(15)27)9-10-24-23(28)26(3)14-20-13-21(25-30-20)18-5-7-19(29-4)8-6-18/h5-8,11-13,27H,9-10,14H2,1-4H3,(H,24,28). The van der Waals surface area contributed by atoms with Crippen LogP contribution in [0.4, 0.5) is 4.79 Å². The minimum absolute atomic E-state index is 0.190. The molecule has 0 saturated carbocycles. The number of hydrogen-bond donors (Lipinski definition) is 2. The topological polar surface area (TPSA) is 87.8 Å². The van der Waals surface area contributed by atoms with Crippen LogP contribution in [0.15, 0.2) is 47.0 Å². The van der Waals surface area contributed by atoms with Gasteiger partial charge < -0.3 is 24.6 Å². The lowest BCUT2D eigenvalue weighted by atomic mass is 10.0. The number of amides is 2. The number of nitrogens with zero attached hydrogens (tertiary/aromatic N) is 2. The first-order chi connectivity index (χ1) is 14.4. The predicted octanol–water partition coefficient (Wildman–Crippen LogP) is 4.06. The Bertz CT molecular complexity index is 989. The van der Waals surface area contributed by atoms with Crippen LogP contribution in [0, 0.1) is 13.8 Å². The second-order valence-electron chi connectivity index (χ2n) is 7.32. The van der Waals surface area contributed by atoms with Crippen molar-refractivity contribution >= 4 is 6.03 Å². The van der Waals surface area contributed by atoms with E-state index >= 15 is 0 Å². The van der Waals surface area contributed by atoms with Gasteiger partial charge in [-0.2, -0.15) is 0 Å². The number of nitrogens with one attached hydrogen (secondary N) is 1. The zero-order chi connectivity index (χ0) is 21.7. The Morgan fingerprint density at radius 3 is 2.47 bits per heavy atom. The van der Waals surface area contributed by atoms with E-state index in [4.69, 9.17) is 9.26 Å². The molecule has 3 rings (SSSR count). The van der Waals surface area contributed by atoms with E-state index in [1.807, 2.05) is 56.3 Å². The van der Waals surface area contributed by atoms with Gasteiger partial charge in [0, 0.05) is 25.2 Å². The summed E-state index contributed by atoms with van der Waals surface area (Å²) in [4.78, 5) is 13.9. The van der Waals surface area contributed by atoms with Crippen molar-refractivity contribution in [2.24, 2.45) is 0 Å². The Hall–Kier alpha value is -3.48. The van der Waals surface area contributed by atoms with Gasteiger partial charge in [-0.3, -0.25) is 0 Å². The van der Waals surface area contributed by atoms with E-state index < -0.39 is 0 Å². The average Bonchev–Trinajstić information content (AvgIpc) is 3.20. The van der Waals surface area contributed by atoms with E-state index in [2.05, 4.69) is 10.5 Å². The SMILES string of the molecule is COc1ccc(-c2cc(CN(C)C(=O)NCCc3cc(C)c(O)c(C)c3)on2)cc1. The van der Waals surface area contributed by atoms with Crippen molar-refractivity contribution in [3.05, 3.63) is 64.9 Å². The molecule has 158 valence electrons. The number of carbonyl (C=O) groups excluding carboxylic acids is 1. The summed E-state index contributed by atoms with van der Waals surface area (Å²) in [7, 11) is 3.33. The van der Waals surface area contributed by atoms with Gasteiger partial charge >= 0.3 is 6.03 Å². The van der Waals surface area contributed by atoms with Crippen LogP contribution in [0.1, 0.15) is 22.5 Å². The molecule has 1 aromatic heterocycles. The van der Waals surface area contributed by atoms with Crippen LogP contribution < -0.4 is 10.1 Å². The number of benzene rings is 2. The number of aromatic hydroxyl groups is 1. The lowest BCUT2D eigenvalue weighted by Gasteiger charge is -2.16. The number of ether oxygens (including phenoxy) is 1. The summed E-state index contributed by atoms with van der Waals surface area (Å²) in [6.45, 7) is 4.55. The number of hydrogen-bond acceptors (Lipinski definition) is 5. The molecular formula is C23H27N3O4. The number of phenolic OH excluding ortho intramolecular Hbond substituents is 1. The fraction of sp³-hybridized carbons (Fsp3) is 0.304. The Kier molecular flexibility index (Phi) is 6.61. The first-order valence-corrected chi connectivity index (χ1v) is 9.75. The maximum absolute atomic E-state index is 12.4. The average molecular weight is 409 g/mol. The lowest BCUT2D eigenvalue weighted by Crippen LogP contribution is -2.37. The van der Waals surface area contributed by atoms with E-state index in [0.29, 0.717) is 36.7 Å². The van der Waals surface area contributed by atoms with Crippen molar-refractivity contribution in [3.63, 3.8) is 0 Å². The summed E-state index contributed by atoms with van der Waals surface area (Å²) in [5.41, 5.74) is 4.37. The monoisotopic (exact) mass is 409 g/mol. The van der Waals surface area contributed by atoms with Gasteiger partial charge in [0.05, 0.1) is 13.7 Å². The number of carbonyl (C=O) groups is 1. The molecule has 0 bridgehead atoms. The molecule has 0 fully saturated rings. The first-order valence-electron chi connectivity index (χ1n) is 9.75. The van der Waals surface area contributed by atoms with Crippen molar-refractivity contribution in [1.29, 1.82) is 0 Å². The molecule has 0 aliphatic carbocycles. The van der Waals surface area contributed by atoms with Crippen molar-refractivity contribution in [2.45, 2.75) is 26.8 Å². The fourth-order valence-corrected chi connectivity index (χ4v) is 3.23. The van der Waals surface area contributed by atoms with E-state index in [9.17, 15) is 9.90 Å². The summed E-state index contributed by atoms with van der Waals surface area (Å²) in [6, 6.07) is 13.0. The van der Waals surface area contributed by atoms with Crippen molar-refractivity contribution in [1.82, 2.24) is 15.4 Å². The number of aryl methyl sites for hydroxylation is 2. The molecule has 0 radical (unpaired) electrons. The van der Waals surface area contributed by atoms with Gasteiger partial charge in [-0.25, -0.2) is 4.79 Å². The third-order valence-electron chi connectivity index (χ3n) is 4.93. The third-order valence-corrected chi connectivity index (χ3v) is 4.93. The van der Waals surface area contributed by atoms with Gasteiger partial charge in [0.2, 0.25) is 0 Å². The summed E-state index contributed by atoms with van der Waals surface area (Å²) < 4.78 is 10.5. The van der Waals surface area contributed by atoms with Gasteiger partial charge in [0.15, 0.2) is 5.76 Å². The molecule has 0 spiro atoms. The highest BCUT2D eigenvalue weighted by molar-refractivity contribution is 5.73. The van der Waals surface area contributed by atoms with E-state index in [0.717, 1.165) is 28.0 Å². The Morgan fingerprint density at radius 2 is 1.83 bits per heavy atom. The summed E-state index contributed by atoms with van der Waals surface area (Å²) in [5, 5.41) is 16.8. The number of phenols is 1. The highest BCUT2D eigenvalue weighted by atomic mass is 16.5. The number of rotatable bonds is 7. The Balaban J connectivity index is 1.51. The molecule has 0 aliphatic heterocycles. The molecule has 7 heteroatoms. The van der Waals surface area contributed by atoms with Crippen LogP contribution in [0.5, 0.6) is 11.5 Å². The normalized spacial score (nSPS) is 10.7. The molecule has 0 saturated heterocycles. The predicted molar refractivity (Wildman–Crippen MR) is 115 cm³/mol. The number of aromatic nitrogens is 1. The van der Waals surface area contributed by atoms with Gasteiger partial charge in [-0.15, -0.1) is 0 Å². The van der Waals surface area contributed by atoms with E-state index in [1.165, 1.54) is 0 Å². The Morgan fingerprint density at radius 1 is 1.17 bits per heavy atom. The smallest absolute Gasteiger partial charge is 0.317 e. The van der Waals surface area contributed by atoms with Crippen LogP contribution in [-0.2, 0) is 13.0 Å². The Labute approximate surface area is 176 Å². The minimum atomic E-state index is -0.190. The molecule has 2 amide bonds. The molecule has 2 aromatic carbocycles. The van der Waals surface area contributed by atoms with Crippen molar-refractivity contribution < 1.29 is 19.2 Å². The molecule has 3 aromatic rings. The van der Waals surface area contributed by atoms with Crippen molar-refractivity contribution in [2.75, 3.05) is 20.7 Å². The van der Waals surface area contributed by atoms with E-state index in [-0.39, 0.29) is 6.03 Å². The van der Waals surface area contributed by atoms with Crippen LogP contribution >= 0.6 is 0 Å². The van der Waals surface area contributed by atoms with Gasteiger partial charge in [-0.1, -0.05) is 17.3 Å². The highest BCUT2D eigenvalue weighted by Crippen LogP contribution is 2.24. The minimum Gasteiger partial charge on any atom is -0.507 e. The molecule has 1 heterocycles. The summed E-state index contributed by atoms with van der Waals surface area (Å²) in [6.07, 6.45) is 0.686. The van der Waals surface area contributed by atoms with Crippen molar-refractivity contribution in [3.8, 4) is 22.8 Å². The van der Waals surface area contributed by atoms with Crippen LogP contribution in [0.3, 0.4) is 0 Å². The maximum atomic E-state index is 12.4. The van der Waals surface area contributed by atoms with E-state index in [1.54, 1.807) is 19.1 Å². The molecule has 7 nitrogen and oxygen atoms in total. The molecular weight excluding hydrogens is 382 g/mol. The molecule has 0 aliphatic rings. The summed E-state index contributed by atoms with van der Waals surface area (Å²) in [5.74, 6) is 1.70. The van der Waals surface area contributed by atoms with Gasteiger partial charge in [0.1, 0.15) is 17.2 Å². The van der Waals surface area contributed by atoms with Gasteiger partial charge in [0.25, 0.3) is 0 Å². The highest BCUT2D eigenvalue weighted by Gasteiger charge is 2.13. The first kappa shape index (κ1) is 21.2. The summed E-state index contributed by atoms with van der Waals surface area (Å²) >= 11 is 0. The fourth-order valence-electron chi connectivity index (χ4n) is 3.23. The molecule has 0 unspecified atom stereocenters. The zero-order valence-electron chi connectivity index (χ0n) is 17.7.